The van der Waals surface area contributed by atoms with Crippen LogP contribution in [0.3, 0.4) is 0 Å². The normalized spacial score (nSPS) is 12.9. The Kier molecular flexibility index (Phi) is 4.66. The van der Waals surface area contributed by atoms with Crippen molar-refractivity contribution in [2.75, 3.05) is 6.54 Å². The Morgan fingerprint density at radius 1 is 1.29 bits per heavy atom. The molecule has 0 amide bonds. The Balaban J connectivity index is 2.63. The zero-order chi connectivity index (χ0) is 10.6. The van der Waals surface area contributed by atoms with Gasteiger partial charge in [-0.25, -0.2) is 4.39 Å². The molecule has 0 aliphatic carbocycles. The van der Waals surface area contributed by atoms with Gasteiger partial charge in [0, 0.05) is 6.42 Å². The Morgan fingerprint density at radius 3 is 2.57 bits per heavy atom. The molecule has 0 aliphatic heterocycles. The minimum Gasteiger partial charge on any atom is -0.330 e. The lowest BCUT2D eigenvalue weighted by Crippen LogP contribution is -2.11. The summed E-state index contributed by atoms with van der Waals surface area (Å²) in [6.07, 6.45) is -0.189. The molecule has 4 heteroatoms. The molecule has 0 radical (unpaired) electrons. The molecule has 0 heterocycles. The topological polar surface area (TPSA) is 26.0 Å². The van der Waals surface area contributed by atoms with Gasteiger partial charge in [-0.2, -0.15) is 0 Å². The van der Waals surface area contributed by atoms with Crippen LogP contribution in [0.5, 0.6) is 0 Å². The van der Waals surface area contributed by atoms with Gasteiger partial charge in [0.25, 0.3) is 0 Å². The number of benzene rings is 1. The third kappa shape index (κ3) is 3.45. The predicted molar refractivity (Wildman–Crippen MR) is 58.7 cm³/mol. The zero-order valence-electron chi connectivity index (χ0n) is 7.64. The molecule has 0 bridgehead atoms. The van der Waals surface area contributed by atoms with E-state index in [4.69, 9.17) is 28.9 Å². The number of hydrogen-bond donors (Lipinski definition) is 1. The number of halogens is 3. The first-order chi connectivity index (χ1) is 6.63. The lowest BCUT2D eigenvalue weighted by molar-refractivity contribution is 0.316. The highest BCUT2D eigenvalue weighted by Crippen LogP contribution is 2.23. The van der Waals surface area contributed by atoms with E-state index in [0.29, 0.717) is 29.4 Å². The van der Waals surface area contributed by atoms with E-state index in [9.17, 15) is 4.39 Å². The number of rotatable bonds is 4. The molecule has 1 atom stereocenters. The first-order valence-corrected chi connectivity index (χ1v) is 5.17. The summed E-state index contributed by atoms with van der Waals surface area (Å²) >= 11 is 11.5. The lowest BCUT2D eigenvalue weighted by atomic mass is 10.1. The molecule has 1 unspecified atom stereocenters. The molecule has 0 fully saturated rings. The third-order valence-corrected chi connectivity index (χ3v) is 2.66. The van der Waals surface area contributed by atoms with Crippen LogP contribution in [0.25, 0.3) is 0 Å². The van der Waals surface area contributed by atoms with Gasteiger partial charge in [-0.15, -0.1) is 0 Å². The molecule has 0 spiro atoms. The highest BCUT2D eigenvalue weighted by Gasteiger charge is 2.07. The standard InChI is InChI=1S/C10H12Cl2FN/c11-9-2-1-7(6-10(9)12)5-8(13)3-4-14/h1-2,6,8H,3-5,14H2. The van der Waals surface area contributed by atoms with Crippen LogP contribution in [0, 0.1) is 0 Å². The maximum absolute atomic E-state index is 13.2. The average Bonchev–Trinajstić information content (AvgIpc) is 2.12. The maximum Gasteiger partial charge on any atom is 0.105 e. The summed E-state index contributed by atoms with van der Waals surface area (Å²) in [6.45, 7) is 0.364. The summed E-state index contributed by atoms with van der Waals surface area (Å²) in [5.41, 5.74) is 6.10. The van der Waals surface area contributed by atoms with Crippen LogP contribution < -0.4 is 5.73 Å². The van der Waals surface area contributed by atoms with E-state index >= 15 is 0 Å². The average molecular weight is 236 g/mol. The van der Waals surface area contributed by atoms with Gasteiger partial charge in [-0.1, -0.05) is 29.3 Å². The van der Waals surface area contributed by atoms with Gasteiger partial charge in [0.05, 0.1) is 10.0 Å². The van der Waals surface area contributed by atoms with Crippen molar-refractivity contribution >= 4 is 23.2 Å². The summed E-state index contributed by atoms with van der Waals surface area (Å²) in [4.78, 5) is 0. The molecule has 78 valence electrons. The van der Waals surface area contributed by atoms with Crippen molar-refractivity contribution in [1.29, 1.82) is 0 Å². The molecule has 0 saturated carbocycles. The van der Waals surface area contributed by atoms with Crippen molar-refractivity contribution < 1.29 is 4.39 Å². The Bertz CT molecular complexity index is 304. The van der Waals surface area contributed by atoms with E-state index in [1.54, 1.807) is 18.2 Å². The van der Waals surface area contributed by atoms with Gasteiger partial charge in [0.15, 0.2) is 0 Å². The van der Waals surface area contributed by atoms with E-state index in [1.165, 1.54) is 0 Å². The van der Waals surface area contributed by atoms with Crippen molar-refractivity contribution in [3.05, 3.63) is 33.8 Å². The van der Waals surface area contributed by atoms with Crippen LogP contribution in [-0.2, 0) is 6.42 Å². The Labute approximate surface area is 93.0 Å². The summed E-state index contributed by atoms with van der Waals surface area (Å²) in [6, 6.07) is 5.14. The fourth-order valence-corrected chi connectivity index (χ4v) is 1.53. The molecule has 1 nitrogen and oxygen atoms in total. The number of hydrogen-bond acceptors (Lipinski definition) is 1. The van der Waals surface area contributed by atoms with Gasteiger partial charge in [-0.05, 0) is 30.7 Å². The van der Waals surface area contributed by atoms with Gasteiger partial charge >= 0.3 is 0 Å². The van der Waals surface area contributed by atoms with Crippen LogP contribution in [0.15, 0.2) is 18.2 Å². The fourth-order valence-electron chi connectivity index (χ4n) is 1.21. The molecular formula is C10H12Cl2FN. The molecule has 1 aromatic carbocycles. The molecule has 0 aliphatic rings. The van der Waals surface area contributed by atoms with Crippen molar-refractivity contribution in [3.63, 3.8) is 0 Å². The summed E-state index contributed by atoms with van der Waals surface area (Å²) in [7, 11) is 0. The molecule has 2 N–H and O–H groups in total. The summed E-state index contributed by atoms with van der Waals surface area (Å²) < 4.78 is 13.2. The molecular weight excluding hydrogens is 224 g/mol. The SMILES string of the molecule is NCCC(F)Cc1ccc(Cl)c(Cl)c1. The molecule has 1 rings (SSSR count). The van der Waals surface area contributed by atoms with E-state index < -0.39 is 6.17 Å². The van der Waals surface area contributed by atoms with Crippen molar-refractivity contribution in [3.8, 4) is 0 Å². The van der Waals surface area contributed by atoms with Crippen LogP contribution in [0.2, 0.25) is 10.0 Å². The van der Waals surface area contributed by atoms with Crippen LogP contribution >= 0.6 is 23.2 Å². The van der Waals surface area contributed by atoms with Gasteiger partial charge < -0.3 is 5.73 Å². The molecule has 14 heavy (non-hydrogen) atoms. The number of nitrogens with two attached hydrogens (primary N) is 1. The third-order valence-electron chi connectivity index (χ3n) is 1.92. The fraction of sp³-hybridized carbons (Fsp3) is 0.400. The maximum atomic E-state index is 13.2. The van der Waals surface area contributed by atoms with Crippen LogP contribution in [-0.4, -0.2) is 12.7 Å². The highest BCUT2D eigenvalue weighted by atomic mass is 35.5. The first-order valence-electron chi connectivity index (χ1n) is 4.41. The van der Waals surface area contributed by atoms with E-state index in [1.807, 2.05) is 0 Å². The Hall–Kier alpha value is -0.310. The monoisotopic (exact) mass is 235 g/mol. The second kappa shape index (κ2) is 5.54. The smallest absolute Gasteiger partial charge is 0.105 e. The molecule has 0 aromatic heterocycles. The quantitative estimate of drug-likeness (QED) is 0.853. The van der Waals surface area contributed by atoms with E-state index in [-0.39, 0.29) is 0 Å². The van der Waals surface area contributed by atoms with Gasteiger partial charge in [-0.3, -0.25) is 0 Å². The Morgan fingerprint density at radius 2 is 2.00 bits per heavy atom. The predicted octanol–water partition coefficient (Wildman–Crippen LogP) is 3.22. The van der Waals surface area contributed by atoms with Crippen molar-refractivity contribution in [2.45, 2.75) is 19.0 Å². The van der Waals surface area contributed by atoms with Crippen molar-refractivity contribution in [1.82, 2.24) is 0 Å². The number of alkyl halides is 1. The van der Waals surface area contributed by atoms with Crippen molar-refractivity contribution in [2.24, 2.45) is 5.73 Å². The van der Waals surface area contributed by atoms with Crippen LogP contribution in [0.1, 0.15) is 12.0 Å². The highest BCUT2D eigenvalue weighted by molar-refractivity contribution is 6.42. The minimum atomic E-state index is -0.905. The first kappa shape index (κ1) is 11.8. The van der Waals surface area contributed by atoms with Crippen LogP contribution in [0.4, 0.5) is 4.39 Å². The molecule has 1 aromatic rings. The van der Waals surface area contributed by atoms with Gasteiger partial charge in [0.1, 0.15) is 6.17 Å². The zero-order valence-corrected chi connectivity index (χ0v) is 9.15. The molecule has 0 saturated heterocycles. The van der Waals surface area contributed by atoms with E-state index in [2.05, 4.69) is 0 Å². The van der Waals surface area contributed by atoms with E-state index in [0.717, 1.165) is 5.56 Å². The second-order valence-corrected chi connectivity index (χ2v) is 3.94. The minimum absolute atomic E-state index is 0.341. The second-order valence-electron chi connectivity index (χ2n) is 3.13. The lowest BCUT2D eigenvalue weighted by Gasteiger charge is -2.07. The summed E-state index contributed by atoms with van der Waals surface area (Å²) in [5.74, 6) is 0. The summed E-state index contributed by atoms with van der Waals surface area (Å²) in [5, 5.41) is 0.953. The van der Waals surface area contributed by atoms with Gasteiger partial charge in [0.2, 0.25) is 0 Å². The largest absolute Gasteiger partial charge is 0.330 e.